The molecule has 3 N–H and O–H groups in total. The predicted octanol–water partition coefficient (Wildman–Crippen LogP) is 0.971. The van der Waals surface area contributed by atoms with E-state index in [2.05, 4.69) is 29.2 Å². The van der Waals surface area contributed by atoms with Crippen molar-refractivity contribution in [3.63, 3.8) is 0 Å². The molecule has 3 nitrogen and oxygen atoms in total. The van der Waals surface area contributed by atoms with E-state index in [4.69, 9.17) is 5.73 Å². The second-order valence-electron chi connectivity index (χ2n) is 4.47. The van der Waals surface area contributed by atoms with Crippen molar-refractivity contribution >= 4 is 0 Å². The summed E-state index contributed by atoms with van der Waals surface area (Å²) in [5, 5.41) is 9.84. The quantitative estimate of drug-likeness (QED) is 0.795. The van der Waals surface area contributed by atoms with Gasteiger partial charge in [0.2, 0.25) is 0 Å². The Morgan fingerprint density at radius 2 is 2.12 bits per heavy atom. The molecule has 1 saturated heterocycles. The SMILES string of the molecule is NC[C@H](O)C1CCCN1Cc1ccccc1. The number of benzene rings is 1. The van der Waals surface area contributed by atoms with Crippen molar-refractivity contribution in [3.05, 3.63) is 35.9 Å². The summed E-state index contributed by atoms with van der Waals surface area (Å²) in [6.45, 7) is 2.34. The van der Waals surface area contributed by atoms with E-state index in [0.29, 0.717) is 6.54 Å². The molecule has 0 saturated carbocycles. The van der Waals surface area contributed by atoms with Gasteiger partial charge in [-0.1, -0.05) is 30.3 Å². The molecule has 1 fully saturated rings. The summed E-state index contributed by atoms with van der Waals surface area (Å²) in [5.74, 6) is 0. The average Bonchev–Trinajstić information content (AvgIpc) is 2.77. The van der Waals surface area contributed by atoms with Crippen LogP contribution in [0.1, 0.15) is 18.4 Å². The van der Waals surface area contributed by atoms with Crippen LogP contribution < -0.4 is 5.73 Å². The zero-order chi connectivity index (χ0) is 11.4. The summed E-state index contributed by atoms with van der Waals surface area (Å²) in [7, 11) is 0. The summed E-state index contributed by atoms with van der Waals surface area (Å²) >= 11 is 0. The van der Waals surface area contributed by atoms with Crippen molar-refractivity contribution in [1.29, 1.82) is 0 Å². The maximum atomic E-state index is 9.84. The topological polar surface area (TPSA) is 49.5 Å². The minimum absolute atomic E-state index is 0.241. The van der Waals surface area contributed by atoms with Gasteiger partial charge in [-0.2, -0.15) is 0 Å². The van der Waals surface area contributed by atoms with Crippen LogP contribution in [0, 0.1) is 0 Å². The highest BCUT2D eigenvalue weighted by Gasteiger charge is 2.29. The molecule has 0 amide bonds. The number of likely N-dealkylation sites (tertiary alicyclic amines) is 1. The van der Waals surface area contributed by atoms with Gasteiger partial charge in [-0.15, -0.1) is 0 Å². The molecule has 2 rings (SSSR count). The Kier molecular flexibility index (Phi) is 3.93. The first-order chi connectivity index (χ1) is 7.81. The maximum absolute atomic E-state index is 9.84. The van der Waals surface area contributed by atoms with E-state index in [1.807, 2.05) is 6.07 Å². The Balaban J connectivity index is 1.99. The Labute approximate surface area is 96.9 Å². The fourth-order valence-electron chi connectivity index (χ4n) is 2.46. The van der Waals surface area contributed by atoms with Crippen molar-refractivity contribution in [2.24, 2.45) is 5.73 Å². The van der Waals surface area contributed by atoms with E-state index in [-0.39, 0.29) is 12.1 Å². The molecule has 3 heteroatoms. The van der Waals surface area contributed by atoms with Crippen molar-refractivity contribution in [1.82, 2.24) is 4.90 Å². The normalized spacial score (nSPS) is 23.5. The second-order valence-corrected chi connectivity index (χ2v) is 4.47. The first-order valence-corrected chi connectivity index (χ1v) is 5.97. The minimum Gasteiger partial charge on any atom is -0.390 e. The van der Waals surface area contributed by atoms with E-state index in [0.717, 1.165) is 25.9 Å². The molecule has 1 aromatic rings. The van der Waals surface area contributed by atoms with Gasteiger partial charge in [0.05, 0.1) is 6.10 Å². The van der Waals surface area contributed by atoms with Crippen molar-refractivity contribution < 1.29 is 5.11 Å². The molecule has 2 atom stereocenters. The molecular weight excluding hydrogens is 200 g/mol. The van der Waals surface area contributed by atoms with Crippen LogP contribution in [0.15, 0.2) is 30.3 Å². The van der Waals surface area contributed by atoms with Crippen LogP contribution in [0.3, 0.4) is 0 Å². The van der Waals surface area contributed by atoms with Crippen LogP contribution in [0.5, 0.6) is 0 Å². The van der Waals surface area contributed by atoms with Crippen molar-refractivity contribution in [2.75, 3.05) is 13.1 Å². The van der Waals surface area contributed by atoms with Crippen LogP contribution >= 0.6 is 0 Å². The fraction of sp³-hybridized carbons (Fsp3) is 0.538. The molecule has 1 aliphatic heterocycles. The molecule has 1 aromatic carbocycles. The van der Waals surface area contributed by atoms with Gasteiger partial charge >= 0.3 is 0 Å². The zero-order valence-electron chi connectivity index (χ0n) is 9.55. The summed E-state index contributed by atoms with van der Waals surface area (Å²) in [4.78, 5) is 2.34. The van der Waals surface area contributed by atoms with E-state index >= 15 is 0 Å². The number of nitrogens with zero attached hydrogens (tertiary/aromatic N) is 1. The van der Waals surface area contributed by atoms with Crippen molar-refractivity contribution in [2.45, 2.75) is 31.5 Å². The zero-order valence-corrected chi connectivity index (χ0v) is 9.55. The lowest BCUT2D eigenvalue weighted by molar-refractivity contribution is 0.0753. The molecular formula is C13H20N2O. The smallest absolute Gasteiger partial charge is 0.0817 e. The van der Waals surface area contributed by atoms with E-state index < -0.39 is 0 Å². The number of nitrogens with two attached hydrogens (primary N) is 1. The van der Waals surface area contributed by atoms with Crippen LogP contribution in [-0.2, 0) is 6.54 Å². The minimum atomic E-state index is -0.383. The van der Waals surface area contributed by atoms with Gasteiger partial charge in [0.25, 0.3) is 0 Å². The number of aliphatic hydroxyl groups excluding tert-OH is 1. The maximum Gasteiger partial charge on any atom is 0.0817 e. The molecule has 1 unspecified atom stereocenters. The highest BCUT2D eigenvalue weighted by Crippen LogP contribution is 2.22. The van der Waals surface area contributed by atoms with Gasteiger partial charge in [-0.3, -0.25) is 4.90 Å². The number of rotatable bonds is 4. The van der Waals surface area contributed by atoms with E-state index in [1.54, 1.807) is 0 Å². The van der Waals surface area contributed by atoms with Crippen LogP contribution in [0.4, 0.5) is 0 Å². The molecule has 0 aliphatic carbocycles. The lowest BCUT2D eigenvalue weighted by Crippen LogP contribution is -2.42. The third-order valence-electron chi connectivity index (χ3n) is 3.33. The van der Waals surface area contributed by atoms with E-state index in [1.165, 1.54) is 5.56 Å². The average molecular weight is 220 g/mol. The first-order valence-electron chi connectivity index (χ1n) is 5.97. The second kappa shape index (κ2) is 5.43. The summed E-state index contributed by atoms with van der Waals surface area (Å²) < 4.78 is 0. The molecule has 1 aliphatic rings. The summed E-state index contributed by atoms with van der Waals surface area (Å²) in [6.07, 6.45) is 1.84. The van der Waals surface area contributed by atoms with Gasteiger partial charge in [-0.05, 0) is 24.9 Å². The fourth-order valence-corrected chi connectivity index (χ4v) is 2.46. The largest absolute Gasteiger partial charge is 0.390 e. The highest BCUT2D eigenvalue weighted by atomic mass is 16.3. The van der Waals surface area contributed by atoms with Gasteiger partial charge in [0.1, 0.15) is 0 Å². The Morgan fingerprint density at radius 3 is 2.81 bits per heavy atom. The highest BCUT2D eigenvalue weighted by molar-refractivity contribution is 5.14. The molecule has 16 heavy (non-hydrogen) atoms. The first kappa shape index (κ1) is 11.6. The predicted molar refractivity (Wildman–Crippen MR) is 64.9 cm³/mol. The molecule has 0 spiro atoms. The van der Waals surface area contributed by atoms with Crippen molar-refractivity contribution in [3.8, 4) is 0 Å². The standard InChI is InChI=1S/C13H20N2O/c14-9-13(16)12-7-4-8-15(12)10-11-5-2-1-3-6-11/h1-3,5-6,12-13,16H,4,7-10,14H2/t12?,13-/m0/s1. The summed E-state index contributed by atoms with van der Waals surface area (Å²) in [5.41, 5.74) is 6.84. The number of aliphatic hydroxyl groups is 1. The Hall–Kier alpha value is -0.900. The lowest BCUT2D eigenvalue weighted by Gasteiger charge is -2.27. The third kappa shape index (κ3) is 2.61. The van der Waals surface area contributed by atoms with Crippen LogP contribution in [0.25, 0.3) is 0 Å². The van der Waals surface area contributed by atoms with Gasteiger partial charge in [0, 0.05) is 19.1 Å². The van der Waals surface area contributed by atoms with Crippen LogP contribution in [-0.4, -0.2) is 35.2 Å². The number of hydrogen-bond acceptors (Lipinski definition) is 3. The Bertz CT molecular complexity index is 315. The summed E-state index contributed by atoms with van der Waals surface area (Å²) in [6, 6.07) is 10.6. The number of hydrogen-bond donors (Lipinski definition) is 2. The third-order valence-corrected chi connectivity index (χ3v) is 3.33. The molecule has 88 valence electrons. The molecule has 0 bridgehead atoms. The van der Waals surface area contributed by atoms with Gasteiger partial charge in [0.15, 0.2) is 0 Å². The van der Waals surface area contributed by atoms with E-state index in [9.17, 15) is 5.11 Å². The molecule has 1 heterocycles. The van der Waals surface area contributed by atoms with Gasteiger partial charge < -0.3 is 10.8 Å². The Morgan fingerprint density at radius 1 is 1.38 bits per heavy atom. The lowest BCUT2D eigenvalue weighted by atomic mass is 10.1. The molecule has 0 aromatic heterocycles. The molecule has 0 radical (unpaired) electrons. The monoisotopic (exact) mass is 220 g/mol. The van der Waals surface area contributed by atoms with Gasteiger partial charge in [-0.25, -0.2) is 0 Å². The van der Waals surface area contributed by atoms with Crippen LogP contribution in [0.2, 0.25) is 0 Å².